The maximum Gasteiger partial charge on any atom is 0.270 e. The highest BCUT2D eigenvalue weighted by atomic mass is 35.5. The Hall–Kier alpha value is -3.78. The number of halogens is 2. The van der Waals surface area contributed by atoms with E-state index >= 15 is 0 Å². The van der Waals surface area contributed by atoms with E-state index < -0.39 is 22.8 Å². The van der Waals surface area contributed by atoms with E-state index in [1.54, 1.807) is 18.2 Å². The largest absolute Gasteiger partial charge is 0.482 e. The van der Waals surface area contributed by atoms with Gasteiger partial charge in [-0.2, -0.15) is 0 Å². The number of nitro groups is 1. The van der Waals surface area contributed by atoms with Crippen LogP contribution in [0.25, 0.3) is 0 Å². The zero-order valence-corrected chi connectivity index (χ0v) is 17.4. The molecule has 1 amide bonds. The Balaban J connectivity index is 1.74. The van der Waals surface area contributed by atoms with Crippen molar-refractivity contribution in [3.8, 4) is 5.75 Å². The summed E-state index contributed by atoms with van der Waals surface area (Å²) in [7, 11) is 0. The molecule has 0 aliphatic rings. The van der Waals surface area contributed by atoms with Crippen molar-refractivity contribution < 1.29 is 23.6 Å². The van der Waals surface area contributed by atoms with E-state index in [1.165, 1.54) is 54.6 Å². The normalized spacial score (nSPS) is 11.4. The SMILES string of the molecule is O=C(Nc1cccc(OC(CCCl)C(=O)c2ccc(F)cc2)c1)c1cccc([N+](=O)[O-])c1. The van der Waals surface area contributed by atoms with E-state index in [9.17, 15) is 24.1 Å². The number of benzene rings is 3. The van der Waals surface area contributed by atoms with Crippen LogP contribution in [0.2, 0.25) is 0 Å². The lowest BCUT2D eigenvalue weighted by Crippen LogP contribution is -2.28. The molecule has 1 atom stereocenters. The Kier molecular flexibility index (Phi) is 7.51. The molecule has 0 heterocycles. The Bertz CT molecular complexity index is 1140. The lowest BCUT2D eigenvalue weighted by molar-refractivity contribution is -0.384. The Morgan fingerprint density at radius 1 is 1.03 bits per heavy atom. The molecule has 0 aliphatic heterocycles. The van der Waals surface area contributed by atoms with Gasteiger partial charge in [-0.05, 0) is 42.5 Å². The van der Waals surface area contributed by atoms with Crippen molar-refractivity contribution in [2.45, 2.75) is 12.5 Å². The molecule has 3 aromatic rings. The number of nitro benzene ring substituents is 1. The van der Waals surface area contributed by atoms with Gasteiger partial charge in [-0.25, -0.2) is 4.39 Å². The highest BCUT2D eigenvalue weighted by molar-refractivity contribution is 6.18. The van der Waals surface area contributed by atoms with Gasteiger partial charge >= 0.3 is 0 Å². The Labute approximate surface area is 187 Å². The van der Waals surface area contributed by atoms with E-state index in [2.05, 4.69) is 5.32 Å². The number of alkyl halides is 1. The summed E-state index contributed by atoms with van der Waals surface area (Å²) in [5.74, 6) is -0.862. The molecular formula is C23H18ClFN2O5. The quantitative estimate of drug-likeness (QED) is 0.205. The molecule has 0 fully saturated rings. The fourth-order valence-corrected chi connectivity index (χ4v) is 3.12. The fourth-order valence-electron chi connectivity index (χ4n) is 2.92. The van der Waals surface area contributed by atoms with Gasteiger partial charge in [0.15, 0.2) is 6.10 Å². The van der Waals surface area contributed by atoms with Crippen molar-refractivity contribution in [1.82, 2.24) is 0 Å². The summed E-state index contributed by atoms with van der Waals surface area (Å²) < 4.78 is 19.0. The molecule has 1 unspecified atom stereocenters. The van der Waals surface area contributed by atoms with Gasteiger partial charge < -0.3 is 10.1 Å². The first kappa shape index (κ1) is 22.9. The van der Waals surface area contributed by atoms with E-state index in [1.807, 2.05) is 0 Å². The summed E-state index contributed by atoms with van der Waals surface area (Å²) >= 11 is 5.83. The van der Waals surface area contributed by atoms with Crippen LogP contribution in [0.3, 0.4) is 0 Å². The number of rotatable bonds is 9. The van der Waals surface area contributed by atoms with Gasteiger partial charge in [-0.1, -0.05) is 12.1 Å². The van der Waals surface area contributed by atoms with Crippen molar-refractivity contribution in [2.75, 3.05) is 11.2 Å². The van der Waals surface area contributed by atoms with Gasteiger partial charge in [0.1, 0.15) is 11.6 Å². The molecule has 0 bridgehead atoms. The van der Waals surface area contributed by atoms with Crippen molar-refractivity contribution in [2.24, 2.45) is 0 Å². The molecule has 0 spiro atoms. The smallest absolute Gasteiger partial charge is 0.270 e. The molecule has 7 nitrogen and oxygen atoms in total. The summed E-state index contributed by atoms with van der Waals surface area (Å²) in [6.07, 6.45) is -0.678. The number of ether oxygens (including phenoxy) is 1. The number of non-ortho nitro benzene ring substituents is 1. The molecule has 0 aliphatic carbocycles. The van der Waals surface area contributed by atoms with E-state index in [0.717, 1.165) is 0 Å². The number of Topliss-reactive ketones (excluding diaryl/α,β-unsaturated/α-hetero) is 1. The van der Waals surface area contributed by atoms with Crippen LogP contribution in [0.15, 0.2) is 72.8 Å². The Morgan fingerprint density at radius 3 is 2.44 bits per heavy atom. The zero-order chi connectivity index (χ0) is 23.1. The third-order valence-corrected chi connectivity index (χ3v) is 4.70. The van der Waals surface area contributed by atoms with Crippen LogP contribution < -0.4 is 10.1 Å². The molecule has 3 aromatic carbocycles. The van der Waals surface area contributed by atoms with E-state index in [4.69, 9.17) is 16.3 Å². The predicted molar refractivity (Wildman–Crippen MR) is 118 cm³/mol. The number of hydrogen-bond acceptors (Lipinski definition) is 5. The first-order valence-electron chi connectivity index (χ1n) is 9.55. The first-order chi connectivity index (χ1) is 15.4. The molecule has 32 heavy (non-hydrogen) atoms. The third-order valence-electron chi connectivity index (χ3n) is 4.48. The average Bonchev–Trinajstić information content (AvgIpc) is 2.79. The van der Waals surface area contributed by atoms with Crippen molar-refractivity contribution in [3.63, 3.8) is 0 Å². The summed E-state index contributed by atoms with van der Waals surface area (Å²) in [5.41, 5.74) is 0.587. The van der Waals surface area contributed by atoms with E-state index in [0.29, 0.717) is 11.4 Å². The molecule has 0 aromatic heterocycles. The summed E-state index contributed by atoms with van der Waals surface area (Å²) in [5, 5.41) is 13.6. The van der Waals surface area contributed by atoms with Crippen LogP contribution in [0.1, 0.15) is 27.1 Å². The number of hydrogen-bond donors (Lipinski definition) is 1. The lowest BCUT2D eigenvalue weighted by Gasteiger charge is -2.18. The van der Waals surface area contributed by atoms with Crippen LogP contribution in [0, 0.1) is 15.9 Å². The number of carbonyl (C=O) groups is 2. The minimum atomic E-state index is -0.902. The zero-order valence-electron chi connectivity index (χ0n) is 16.7. The number of nitrogens with one attached hydrogen (secondary N) is 1. The summed E-state index contributed by atoms with van der Waals surface area (Å²) in [6, 6.07) is 16.8. The maximum atomic E-state index is 13.1. The maximum absolute atomic E-state index is 13.1. The third kappa shape index (κ3) is 5.89. The highest BCUT2D eigenvalue weighted by Crippen LogP contribution is 2.22. The van der Waals surface area contributed by atoms with E-state index in [-0.39, 0.29) is 34.9 Å². The van der Waals surface area contributed by atoms with Crippen molar-refractivity contribution in [3.05, 3.63) is 99.9 Å². The predicted octanol–water partition coefficient (Wildman–Crippen LogP) is 5.25. The van der Waals surface area contributed by atoms with Gasteiger partial charge in [0.05, 0.1) is 4.92 Å². The van der Waals surface area contributed by atoms with Crippen molar-refractivity contribution in [1.29, 1.82) is 0 Å². The summed E-state index contributed by atoms with van der Waals surface area (Å²) in [4.78, 5) is 35.6. The van der Waals surface area contributed by atoms with Gasteiger partial charge in [0.25, 0.3) is 11.6 Å². The number of carbonyl (C=O) groups excluding carboxylic acids is 2. The van der Waals surface area contributed by atoms with Crippen LogP contribution in [0.5, 0.6) is 5.75 Å². The number of nitrogens with zero attached hydrogens (tertiary/aromatic N) is 1. The molecule has 1 N–H and O–H groups in total. The van der Waals surface area contributed by atoms with Crippen LogP contribution in [-0.2, 0) is 0 Å². The minimum absolute atomic E-state index is 0.122. The topological polar surface area (TPSA) is 98.5 Å². The molecule has 0 radical (unpaired) electrons. The monoisotopic (exact) mass is 456 g/mol. The average molecular weight is 457 g/mol. The Morgan fingerprint density at radius 2 is 1.75 bits per heavy atom. The molecule has 164 valence electrons. The summed E-state index contributed by atoms with van der Waals surface area (Å²) in [6.45, 7) is 0. The molecule has 0 saturated carbocycles. The van der Waals surface area contributed by atoms with Gasteiger partial charge in [0.2, 0.25) is 5.78 Å². The number of amides is 1. The lowest BCUT2D eigenvalue weighted by atomic mass is 10.0. The highest BCUT2D eigenvalue weighted by Gasteiger charge is 2.22. The molecule has 9 heteroatoms. The van der Waals surface area contributed by atoms with Gasteiger partial charge in [-0.3, -0.25) is 19.7 Å². The fraction of sp³-hybridized carbons (Fsp3) is 0.130. The van der Waals surface area contributed by atoms with Crippen LogP contribution in [-0.4, -0.2) is 28.6 Å². The standard InChI is InChI=1S/C23H18ClFN2O5/c24-12-11-21(22(28)15-7-9-17(25)10-8-15)32-20-6-2-4-18(14-20)26-23(29)16-3-1-5-19(13-16)27(30)31/h1-10,13-14,21H,11-12H2,(H,26,29). The molecule has 0 saturated heterocycles. The first-order valence-corrected chi connectivity index (χ1v) is 10.1. The van der Waals surface area contributed by atoms with Gasteiger partial charge in [-0.15, -0.1) is 11.6 Å². The van der Waals surface area contributed by atoms with Crippen molar-refractivity contribution >= 4 is 34.7 Å². The minimum Gasteiger partial charge on any atom is -0.482 e. The van der Waals surface area contributed by atoms with Crippen LogP contribution in [0.4, 0.5) is 15.8 Å². The second-order valence-corrected chi connectivity index (χ2v) is 7.12. The number of ketones is 1. The molecular weight excluding hydrogens is 439 g/mol. The second-order valence-electron chi connectivity index (χ2n) is 6.74. The van der Waals surface area contributed by atoms with Gasteiger partial charge in [0, 0.05) is 47.3 Å². The van der Waals surface area contributed by atoms with Crippen LogP contribution >= 0.6 is 11.6 Å². The number of anilines is 1. The second kappa shape index (κ2) is 10.5. The molecule has 3 rings (SSSR count).